The van der Waals surface area contributed by atoms with Gasteiger partial charge in [-0.25, -0.2) is 0 Å². The second-order valence-electron chi connectivity index (χ2n) is 6.54. The summed E-state index contributed by atoms with van der Waals surface area (Å²) < 4.78 is 0. The summed E-state index contributed by atoms with van der Waals surface area (Å²) in [5, 5.41) is 14.8. The number of aliphatic hydroxyl groups excluding tert-OH is 1. The van der Waals surface area contributed by atoms with Crippen molar-refractivity contribution < 1.29 is 14.7 Å². The Bertz CT molecular complexity index is 486. The van der Waals surface area contributed by atoms with Crippen LogP contribution >= 0.6 is 0 Å². The third-order valence-electron chi connectivity index (χ3n) is 3.55. The zero-order valence-corrected chi connectivity index (χ0v) is 14.1. The normalized spacial score (nSPS) is 11.1. The van der Waals surface area contributed by atoms with Crippen LogP contribution in [0.3, 0.4) is 0 Å². The van der Waals surface area contributed by atoms with E-state index in [9.17, 15) is 9.59 Å². The molecule has 128 valence electrons. The number of benzene rings is 1. The molecule has 0 saturated carbocycles. The number of carbonyl (C=O) groups excluding carboxylic acids is 2. The molecule has 5 nitrogen and oxygen atoms in total. The lowest BCUT2D eigenvalue weighted by Gasteiger charge is -2.20. The zero-order valence-electron chi connectivity index (χ0n) is 14.1. The summed E-state index contributed by atoms with van der Waals surface area (Å²) in [6.45, 7) is 4.76. The van der Waals surface area contributed by atoms with Gasteiger partial charge >= 0.3 is 0 Å². The standard InChI is InChI=1S/C18H28N2O3/c1-18(2,14-21)13-17(23)20-12-6-11-19-16(22)10-9-15-7-4-3-5-8-15/h3-5,7-8,21H,6,9-14H2,1-2H3,(H,19,22)(H,20,23). The molecule has 0 unspecified atom stereocenters. The van der Waals surface area contributed by atoms with Crippen molar-refractivity contribution in [3.05, 3.63) is 35.9 Å². The van der Waals surface area contributed by atoms with Crippen LogP contribution in [0.15, 0.2) is 30.3 Å². The van der Waals surface area contributed by atoms with Crippen LogP contribution in [0.2, 0.25) is 0 Å². The molecule has 0 bridgehead atoms. The summed E-state index contributed by atoms with van der Waals surface area (Å²) in [5.41, 5.74) is 0.761. The molecule has 0 radical (unpaired) electrons. The van der Waals surface area contributed by atoms with Crippen LogP contribution in [0, 0.1) is 5.41 Å². The van der Waals surface area contributed by atoms with E-state index >= 15 is 0 Å². The highest BCUT2D eigenvalue weighted by molar-refractivity contribution is 5.77. The van der Waals surface area contributed by atoms with Gasteiger partial charge in [-0.15, -0.1) is 0 Å². The molecule has 1 aromatic rings. The Morgan fingerprint density at radius 3 is 2.26 bits per heavy atom. The van der Waals surface area contributed by atoms with Crippen LogP contribution in [-0.4, -0.2) is 36.6 Å². The van der Waals surface area contributed by atoms with Crippen molar-refractivity contribution in [3.63, 3.8) is 0 Å². The Balaban J connectivity index is 2.06. The van der Waals surface area contributed by atoms with E-state index in [4.69, 9.17) is 5.11 Å². The van der Waals surface area contributed by atoms with E-state index in [0.717, 1.165) is 12.0 Å². The SMILES string of the molecule is CC(C)(CO)CC(=O)NCCCNC(=O)CCc1ccccc1. The van der Waals surface area contributed by atoms with E-state index in [1.807, 2.05) is 44.2 Å². The molecule has 3 N–H and O–H groups in total. The Morgan fingerprint density at radius 2 is 1.65 bits per heavy atom. The van der Waals surface area contributed by atoms with Crippen LogP contribution in [0.4, 0.5) is 0 Å². The van der Waals surface area contributed by atoms with Crippen molar-refractivity contribution in [1.82, 2.24) is 10.6 Å². The Morgan fingerprint density at radius 1 is 1.04 bits per heavy atom. The van der Waals surface area contributed by atoms with Crippen molar-refractivity contribution in [2.24, 2.45) is 5.41 Å². The second kappa shape index (κ2) is 10.0. The summed E-state index contributed by atoms with van der Waals surface area (Å²) in [4.78, 5) is 23.4. The number of aryl methyl sites for hydroxylation is 1. The van der Waals surface area contributed by atoms with E-state index in [1.165, 1.54) is 0 Å². The molecule has 0 heterocycles. The molecule has 1 rings (SSSR count). The molecule has 0 atom stereocenters. The molecule has 2 amide bonds. The molecule has 0 spiro atoms. The number of aliphatic hydroxyl groups is 1. The second-order valence-corrected chi connectivity index (χ2v) is 6.54. The first-order chi connectivity index (χ1) is 10.9. The maximum absolute atomic E-state index is 11.7. The van der Waals surface area contributed by atoms with E-state index in [0.29, 0.717) is 32.4 Å². The Kier molecular flexibility index (Phi) is 8.33. The van der Waals surface area contributed by atoms with Gasteiger partial charge in [0.1, 0.15) is 0 Å². The van der Waals surface area contributed by atoms with Gasteiger partial charge in [-0.2, -0.15) is 0 Å². The first-order valence-electron chi connectivity index (χ1n) is 8.11. The molecule has 0 saturated heterocycles. The first kappa shape index (κ1) is 19.2. The average Bonchev–Trinajstić information content (AvgIpc) is 2.53. The van der Waals surface area contributed by atoms with Crippen LogP contribution < -0.4 is 10.6 Å². The van der Waals surface area contributed by atoms with Gasteiger partial charge in [0.2, 0.25) is 11.8 Å². The van der Waals surface area contributed by atoms with Crippen molar-refractivity contribution >= 4 is 11.8 Å². The molecular formula is C18H28N2O3. The average molecular weight is 320 g/mol. The number of rotatable bonds is 10. The Labute approximate surface area is 138 Å². The number of carbonyl (C=O) groups is 2. The van der Waals surface area contributed by atoms with Gasteiger partial charge < -0.3 is 15.7 Å². The van der Waals surface area contributed by atoms with Crippen LogP contribution in [-0.2, 0) is 16.0 Å². The molecule has 23 heavy (non-hydrogen) atoms. The molecule has 1 aromatic carbocycles. The minimum absolute atomic E-state index is 0.0160. The minimum Gasteiger partial charge on any atom is -0.396 e. The van der Waals surface area contributed by atoms with Crippen LogP contribution in [0.1, 0.15) is 38.7 Å². The van der Waals surface area contributed by atoms with Gasteiger partial charge in [0.05, 0.1) is 0 Å². The van der Waals surface area contributed by atoms with Gasteiger partial charge in [-0.3, -0.25) is 9.59 Å². The van der Waals surface area contributed by atoms with Gasteiger partial charge in [0.25, 0.3) is 0 Å². The lowest BCUT2D eigenvalue weighted by Crippen LogP contribution is -2.33. The molecule has 0 aliphatic carbocycles. The Hall–Kier alpha value is -1.88. The van der Waals surface area contributed by atoms with E-state index in [1.54, 1.807) is 0 Å². The van der Waals surface area contributed by atoms with Gasteiger partial charge in [0.15, 0.2) is 0 Å². The predicted octanol–water partition coefficient (Wildman–Crippen LogP) is 1.65. The highest BCUT2D eigenvalue weighted by atomic mass is 16.3. The van der Waals surface area contributed by atoms with Gasteiger partial charge in [-0.1, -0.05) is 44.2 Å². The maximum Gasteiger partial charge on any atom is 0.220 e. The monoisotopic (exact) mass is 320 g/mol. The molecule has 0 fully saturated rings. The third-order valence-corrected chi connectivity index (χ3v) is 3.55. The van der Waals surface area contributed by atoms with Crippen molar-refractivity contribution in [2.75, 3.05) is 19.7 Å². The summed E-state index contributed by atoms with van der Waals surface area (Å²) in [5.74, 6) is -0.0407. The lowest BCUT2D eigenvalue weighted by molar-refractivity contribution is -0.123. The zero-order chi connectivity index (χ0) is 17.1. The molecule has 5 heteroatoms. The van der Waals surface area contributed by atoms with Crippen LogP contribution in [0.25, 0.3) is 0 Å². The molecule has 0 aliphatic heterocycles. The summed E-state index contributed by atoms with van der Waals surface area (Å²) in [6.07, 6.45) is 2.20. The largest absolute Gasteiger partial charge is 0.396 e. The quantitative estimate of drug-likeness (QED) is 0.574. The van der Waals surface area contributed by atoms with E-state index in [-0.39, 0.29) is 18.4 Å². The highest BCUT2D eigenvalue weighted by Crippen LogP contribution is 2.18. The van der Waals surface area contributed by atoms with Crippen LogP contribution in [0.5, 0.6) is 0 Å². The van der Waals surface area contributed by atoms with Gasteiger partial charge in [0, 0.05) is 32.5 Å². The maximum atomic E-state index is 11.7. The number of hydrogen-bond donors (Lipinski definition) is 3. The topological polar surface area (TPSA) is 78.4 Å². The number of hydrogen-bond acceptors (Lipinski definition) is 3. The molecule has 0 aliphatic rings. The number of nitrogens with one attached hydrogen (secondary N) is 2. The highest BCUT2D eigenvalue weighted by Gasteiger charge is 2.20. The lowest BCUT2D eigenvalue weighted by atomic mass is 9.90. The summed E-state index contributed by atoms with van der Waals surface area (Å²) in [6, 6.07) is 9.91. The fourth-order valence-corrected chi connectivity index (χ4v) is 2.09. The van der Waals surface area contributed by atoms with E-state index in [2.05, 4.69) is 10.6 Å². The number of amides is 2. The first-order valence-corrected chi connectivity index (χ1v) is 8.11. The predicted molar refractivity (Wildman–Crippen MR) is 90.9 cm³/mol. The summed E-state index contributed by atoms with van der Waals surface area (Å²) >= 11 is 0. The van der Waals surface area contributed by atoms with Crippen molar-refractivity contribution in [3.8, 4) is 0 Å². The van der Waals surface area contributed by atoms with Gasteiger partial charge in [-0.05, 0) is 23.8 Å². The van der Waals surface area contributed by atoms with Crippen molar-refractivity contribution in [1.29, 1.82) is 0 Å². The summed E-state index contributed by atoms with van der Waals surface area (Å²) in [7, 11) is 0. The smallest absolute Gasteiger partial charge is 0.220 e. The fraction of sp³-hybridized carbons (Fsp3) is 0.556. The van der Waals surface area contributed by atoms with Crippen molar-refractivity contribution in [2.45, 2.75) is 39.5 Å². The minimum atomic E-state index is -0.393. The fourth-order valence-electron chi connectivity index (χ4n) is 2.09. The molecule has 0 aromatic heterocycles. The van der Waals surface area contributed by atoms with E-state index < -0.39 is 5.41 Å². The third kappa shape index (κ3) is 8.98. The molecular weight excluding hydrogens is 292 g/mol.